The molecule has 136 valence electrons. The third-order valence-electron chi connectivity index (χ3n) is 4.47. The lowest BCUT2D eigenvalue weighted by atomic mass is 10.1. The molecule has 3 rings (SSSR count). The van der Waals surface area contributed by atoms with Crippen LogP contribution in [-0.2, 0) is 9.59 Å². The lowest BCUT2D eigenvalue weighted by molar-refractivity contribution is -0.141. The van der Waals surface area contributed by atoms with Crippen molar-refractivity contribution in [2.24, 2.45) is 0 Å². The van der Waals surface area contributed by atoms with Gasteiger partial charge in [0.1, 0.15) is 6.54 Å². The van der Waals surface area contributed by atoms with Crippen molar-refractivity contribution >= 4 is 17.5 Å². The van der Waals surface area contributed by atoms with Gasteiger partial charge in [0.2, 0.25) is 5.91 Å². The second kappa shape index (κ2) is 7.47. The van der Waals surface area contributed by atoms with Crippen LogP contribution in [0.25, 0.3) is 0 Å². The summed E-state index contributed by atoms with van der Waals surface area (Å²) in [4.78, 5) is 28.2. The van der Waals surface area contributed by atoms with E-state index in [-0.39, 0.29) is 42.5 Å². The highest BCUT2D eigenvalue weighted by atomic mass is 16.5. The largest absolute Gasteiger partial charge is 0.504 e. The van der Waals surface area contributed by atoms with E-state index >= 15 is 0 Å². The number of hydrogen-bond donors (Lipinski definition) is 1. The van der Waals surface area contributed by atoms with Gasteiger partial charge in [-0.1, -0.05) is 29.8 Å². The van der Waals surface area contributed by atoms with Crippen LogP contribution in [0, 0.1) is 6.92 Å². The molecule has 0 aromatic heterocycles. The van der Waals surface area contributed by atoms with Crippen molar-refractivity contribution in [2.45, 2.75) is 19.9 Å². The standard InChI is InChI=1S/C20H22N2O4/c1-14-7-9-16(10-8-14)22-11-15(2)21(12-19(22)24)20(25)13-26-18-6-4-3-5-17(18)23/h3-10,15,23H,11-13H2,1-2H3/t15-/m0/s1. The minimum atomic E-state index is -0.280. The number of rotatable bonds is 4. The molecule has 1 N–H and O–H groups in total. The zero-order chi connectivity index (χ0) is 18.7. The van der Waals surface area contributed by atoms with Crippen molar-refractivity contribution in [1.82, 2.24) is 4.90 Å². The number of hydrogen-bond acceptors (Lipinski definition) is 4. The summed E-state index contributed by atoms with van der Waals surface area (Å²) < 4.78 is 5.39. The first-order chi connectivity index (χ1) is 12.5. The van der Waals surface area contributed by atoms with Gasteiger partial charge in [-0.15, -0.1) is 0 Å². The number of anilines is 1. The lowest BCUT2D eigenvalue weighted by Gasteiger charge is -2.39. The van der Waals surface area contributed by atoms with Crippen LogP contribution in [0.3, 0.4) is 0 Å². The van der Waals surface area contributed by atoms with Gasteiger partial charge in [-0.3, -0.25) is 9.59 Å². The van der Waals surface area contributed by atoms with Crippen molar-refractivity contribution in [3.8, 4) is 11.5 Å². The lowest BCUT2D eigenvalue weighted by Crippen LogP contribution is -2.58. The Morgan fingerprint density at radius 2 is 1.88 bits per heavy atom. The van der Waals surface area contributed by atoms with E-state index in [1.165, 1.54) is 11.0 Å². The molecule has 0 saturated carbocycles. The fraction of sp³-hybridized carbons (Fsp3) is 0.300. The molecule has 1 aliphatic rings. The summed E-state index contributed by atoms with van der Waals surface area (Å²) in [6.07, 6.45) is 0. The van der Waals surface area contributed by atoms with Crippen LogP contribution in [0.15, 0.2) is 48.5 Å². The molecular formula is C20H22N2O4. The molecule has 6 nitrogen and oxygen atoms in total. The molecule has 1 aliphatic heterocycles. The van der Waals surface area contributed by atoms with Crippen LogP contribution in [0.4, 0.5) is 5.69 Å². The number of aryl methyl sites for hydroxylation is 1. The number of phenols is 1. The van der Waals surface area contributed by atoms with Gasteiger partial charge in [-0.2, -0.15) is 0 Å². The number of aromatic hydroxyl groups is 1. The molecule has 0 spiro atoms. The molecule has 0 unspecified atom stereocenters. The topological polar surface area (TPSA) is 70.1 Å². The van der Waals surface area contributed by atoms with Gasteiger partial charge in [-0.05, 0) is 38.1 Å². The molecule has 2 aromatic rings. The predicted molar refractivity (Wildman–Crippen MR) is 98.3 cm³/mol. The van der Waals surface area contributed by atoms with Gasteiger partial charge in [-0.25, -0.2) is 0 Å². The smallest absolute Gasteiger partial charge is 0.261 e. The van der Waals surface area contributed by atoms with E-state index in [1.807, 2.05) is 38.1 Å². The van der Waals surface area contributed by atoms with Crippen molar-refractivity contribution in [3.63, 3.8) is 0 Å². The highest BCUT2D eigenvalue weighted by molar-refractivity contribution is 5.98. The van der Waals surface area contributed by atoms with Crippen LogP contribution in [-0.4, -0.2) is 47.6 Å². The monoisotopic (exact) mass is 354 g/mol. The Balaban J connectivity index is 1.63. The van der Waals surface area contributed by atoms with Crippen LogP contribution in [0.1, 0.15) is 12.5 Å². The molecular weight excluding hydrogens is 332 g/mol. The number of piperazine rings is 1. The maximum atomic E-state index is 12.5. The van der Waals surface area contributed by atoms with Gasteiger partial charge in [0, 0.05) is 18.3 Å². The Hall–Kier alpha value is -3.02. The van der Waals surface area contributed by atoms with Crippen molar-refractivity contribution in [1.29, 1.82) is 0 Å². The SMILES string of the molecule is Cc1ccc(N2C[C@H](C)N(C(=O)COc3ccccc3O)CC2=O)cc1. The fourth-order valence-electron chi connectivity index (χ4n) is 2.96. The quantitative estimate of drug-likeness (QED) is 0.915. The highest BCUT2D eigenvalue weighted by Gasteiger charge is 2.33. The number of phenolic OH excluding ortho intramolecular Hbond substituents is 1. The maximum absolute atomic E-state index is 12.5. The summed E-state index contributed by atoms with van der Waals surface area (Å²) in [5, 5.41) is 9.70. The summed E-state index contributed by atoms with van der Waals surface area (Å²) in [5.74, 6) is -0.174. The molecule has 6 heteroatoms. The molecule has 0 aliphatic carbocycles. The average molecular weight is 354 g/mol. The molecule has 26 heavy (non-hydrogen) atoms. The first-order valence-electron chi connectivity index (χ1n) is 8.53. The molecule has 2 aromatic carbocycles. The number of benzene rings is 2. The molecule has 2 amide bonds. The van der Waals surface area contributed by atoms with Crippen molar-refractivity contribution in [3.05, 3.63) is 54.1 Å². The molecule has 1 heterocycles. The molecule has 0 bridgehead atoms. The Morgan fingerprint density at radius 1 is 1.19 bits per heavy atom. The number of nitrogens with zero attached hydrogens (tertiary/aromatic N) is 2. The van der Waals surface area contributed by atoms with Gasteiger partial charge in [0.15, 0.2) is 18.1 Å². The normalized spacial score (nSPS) is 17.3. The fourth-order valence-corrected chi connectivity index (χ4v) is 2.96. The van der Waals surface area contributed by atoms with E-state index in [4.69, 9.17) is 4.74 Å². The van der Waals surface area contributed by atoms with E-state index in [0.29, 0.717) is 6.54 Å². The molecule has 1 saturated heterocycles. The van der Waals surface area contributed by atoms with Crippen molar-refractivity contribution < 1.29 is 19.4 Å². The Morgan fingerprint density at radius 3 is 2.58 bits per heavy atom. The predicted octanol–water partition coefficient (Wildman–Crippen LogP) is 2.34. The van der Waals surface area contributed by atoms with Crippen LogP contribution in [0.5, 0.6) is 11.5 Å². The second-order valence-electron chi connectivity index (χ2n) is 6.47. The van der Waals surface area contributed by atoms with Crippen molar-refractivity contribution in [2.75, 3.05) is 24.6 Å². The number of para-hydroxylation sites is 2. The number of carbonyl (C=O) groups excluding carboxylic acids is 2. The summed E-state index contributed by atoms with van der Waals surface area (Å²) in [6.45, 7) is 4.13. The first-order valence-corrected chi connectivity index (χ1v) is 8.53. The zero-order valence-corrected chi connectivity index (χ0v) is 14.9. The molecule has 0 radical (unpaired) electrons. The minimum absolute atomic E-state index is 0.0119. The molecule has 1 fully saturated rings. The van der Waals surface area contributed by atoms with E-state index < -0.39 is 0 Å². The number of amides is 2. The van der Waals surface area contributed by atoms with Crippen LogP contribution >= 0.6 is 0 Å². The van der Waals surface area contributed by atoms with E-state index in [1.54, 1.807) is 23.1 Å². The third-order valence-corrected chi connectivity index (χ3v) is 4.47. The average Bonchev–Trinajstić information content (AvgIpc) is 2.63. The highest BCUT2D eigenvalue weighted by Crippen LogP contribution is 2.25. The Kier molecular flexibility index (Phi) is 5.11. The van der Waals surface area contributed by atoms with Gasteiger partial charge < -0.3 is 19.6 Å². The van der Waals surface area contributed by atoms with E-state index in [9.17, 15) is 14.7 Å². The zero-order valence-electron chi connectivity index (χ0n) is 14.9. The number of ether oxygens (including phenoxy) is 1. The minimum Gasteiger partial charge on any atom is -0.504 e. The first kappa shape index (κ1) is 17.8. The molecule has 1 atom stereocenters. The van der Waals surface area contributed by atoms with Gasteiger partial charge in [0.05, 0.1) is 0 Å². The van der Waals surface area contributed by atoms with Crippen LogP contribution < -0.4 is 9.64 Å². The summed E-state index contributed by atoms with van der Waals surface area (Å²) in [5.41, 5.74) is 1.97. The van der Waals surface area contributed by atoms with E-state index in [2.05, 4.69) is 0 Å². The van der Waals surface area contributed by atoms with Gasteiger partial charge >= 0.3 is 0 Å². The van der Waals surface area contributed by atoms with Crippen LogP contribution in [0.2, 0.25) is 0 Å². The summed E-state index contributed by atoms with van der Waals surface area (Å²) >= 11 is 0. The van der Waals surface area contributed by atoms with Gasteiger partial charge in [0.25, 0.3) is 5.91 Å². The third kappa shape index (κ3) is 3.79. The second-order valence-corrected chi connectivity index (χ2v) is 6.47. The Labute approximate surface area is 152 Å². The maximum Gasteiger partial charge on any atom is 0.261 e. The Bertz CT molecular complexity index is 804. The van der Waals surface area contributed by atoms with E-state index in [0.717, 1.165) is 11.3 Å². The summed E-state index contributed by atoms with van der Waals surface area (Å²) in [6, 6.07) is 14.1. The summed E-state index contributed by atoms with van der Waals surface area (Å²) in [7, 11) is 0. The number of carbonyl (C=O) groups is 2.